The van der Waals surface area contributed by atoms with Gasteiger partial charge < -0.3 is 9.80 Å². The van der Waals surface area contributed by atoms with Crippen molar-refractivity contribution in [2.45, 2.75) is 6.92 Å². The number of rotatable bonds is 11. The van der Waals surface area contributed by atoms with Crippen LogP contribution < -0.4 is 9.80 Å². The van der Waals surface area contributed by atoms with Gasteiger partial charge in [-0.1, -0.05) is 189 Å². The molecule has 0 aliphatic rings. The second kappa shape index (κ2) is 19.4. The summed E-state index contributed by atoms with van der Waals surface area (Å²) < 4.78 is 0. The molecule has 282 valence electrons. The fourth-order valence-electron chi connectivity index (χ4n) is 6.98. The van der Waals surface area contributed by atoms with Crippen molar-refractivity contribution in [2.24, 2.45) is 0 Å². The maximum absolute atomic E-state index is 3.91. The first-order valence-electron chi connectivity index (χ1n) is 19.7. The monoisotopic (exact) mass is 748 g/mol. The summed E-state index contributed by atoms with van der Waals surface area (Å²) in [7, 11) is 2.12. The third-order valence-electron chi connectivity index (χ3n) is 10.1. The van der Waals surface area contributed by atoms with Crippen LogP contribution in [0.15, 0.2) is 249 Å². The number of benzene rings is 8. The van der Waals surface area contributed by atoms with Crippen LogP contribution in [-0.4, -0.2) is 7.05 Å². The molecule has 0 radical (unpaired) electrons. The highest BCUT2D eigenvalue weighted by atomic mass is 15.1. The van der Waals surface area contributed by atoms with Gasteiger partial charge in [-0.15, -0.1) is 0 Å². The van der Waals surface area contributed by atoms with E-state index in [0.717, 1.165) is 39.6 Å². The first kappa shape index (κ1) is 38.8. The molecule has 0 unspecified atom stereocenters. The molecule has 0 heterocycles. The van der Waals surface area contributed by atoms with Gasteiger partial charge in [0.15, 0.2) is 0 Å². The Balaban J connectivity index is 0.000000783. The Labute approximate surface area is 344 Å². The lowest BCUT2D eigenvalue weighted by Crippen LogP contribution is -2.10. The van der Waals surface area contributed by atoms with E-state index in [4.69, 9.17) is 0 Å². The first-order chi connectivity index (χ1) is 28.6. The Morgan fingerprint density at radius 3 is 1.22 bits per heavy atom. The van der Waals surface area contributed by atoms with Crippen molar-refractivity contribution in [1.29, 1.82) is 0 Å². The van der Waals surface area contributed by atoms with E-state index in [1.165, 1.54) is 33.4 Å². The summed E-state index contributed by atoms with van der Waals surface area (Å²) in [6.07, 6.45) is 8.05. The number of hydrogen-bond donors (Lipinski definition) is 0. The lowest BCUT2D eigenvalue weighted by molar-refractivity contribution is 1.21. The predicted octanol–water partition coefficient (Wildman–Crippen LogP) is 15.8. The van der Waals surface area contributed by atoms with Gasteiger partial charge in [-0.2, -0.15) is 0 Å². The third kappa shape index (κ3) is 9.68. The summed E-state index contributed by atoms with van der Waals surface area (Å²) in [5.74, 6) is 0. The number of nitrogens with zero attached hydrogens (tertiary/aromatic N) is 2. The molecule has 0 saturated carbocycles. The van der Waals surface area contributed by atoms with Gasteiger partial charge in [-0.3, -0.25) is 0 Å². The third-order valence-corrected chi connectivity index (χ3v) is 10.1. The van der Waals surface area contributed by atoms with E-state index < -0.39 is 0 Å². The molecule has 0 spiro atoms. The van der Waals surface area contributed by atoms with Crippen LogP contribution in [0.25, 0.3) is 39.0 Å². The molecule has 0 atom stereocenters. The Morgan fingerprint density at radius 2 is 0.776 bits per heavy atom. The quantitative estimate of drug-likeness (QED) is 0.122. The Hall–Kier alpha value is -7.42. The minimum Gasteiger partial charge on any atom is -0.345 e. The first-order valence-corrected chi connectivity index (χ1v) is 19.7. The molecule has 8 rings (SSSR count). The molecule has 0 bridgehead atoms. The van der Waals surface area contributed by atoms with E-state index in [0.29, 0.717) is 0 Å². The Morgan fingerprint density at radius 1 is 0.397 bits per heavy atom. The van der Waals surface area contributed by atoms with Crippen molar-refractivity contribution in [2.75, 3.05) is 16.8 Å². The molecule has 0 aliphatic heterocycles. The summed E-state index contributed by atoms with van der Waals surface area (Å²) >= 11 is 0. The summed E-state index contributed by atoms with van der Waals surface area (Å²) in [6.45, 7) is 5.94. The average Bonchev–Trinajstić information content (AvgIpc) is 3.31. The van der Waals surface area contributed by atoms with E-state index in [9.17, 15) is 0 Å². The van der Waals surface area contributed by atoms with Crippen molar-refractivity contribution in [3.8, 4) is 33.4 Å². The molecular formula is C56H48N2. The smallest absolute Gasteiger partial charge is 0.0462 e. The van der Waals surface area contributed by atoms with Crippen molar-refractivity contribution >= 4 is 34.0 Å². The van der Waals surface area contributed by atoms with E-state index in [2.05, 4.69) is 218 Å². The van der Waals surface area contributed by atoms with E-state index in [1.807, 2.05) is 55.5 Å². The van der Waals surface area contributed by atoms with Gasteiger partial charge in [0, 0.05) is 35.5 Å². The number of allylic oxidation sites excluding steroid dienone is 5. The van der Waals surface area contributed by atoms with Gasteiger partial charge in [0.2, 0.25) is 0 Å². The SMILES string of the molecule is C=C/C=C(\C=C/C)c1ccc(N(c2ccc(-c3ccccc3)cc2)c2ccc(-c3ccc(N(C)c4cccc(-c5ccccc5)c4)cc3)cc2)cc1.c1ccccc1. The summed E-state index contributed by atoms with van der Waals surface area (Å²) in [5, 5.41) is 0. The topological polar surface area (TPSA) is 6.48 Å². The van der Waals surface area contributed by atoms with Gasteiger partial charge in [0.05, 0.1) is 0 Å². The summed E-state index contributed by atoms with van der Waals surface area (Å²) in [5.41, 5.74) is 15.0. The zero-order chi connectivity index (χ0) is 39.9. The minimum atomic E-state index is 1.09. The van der Waals surface area contributed by atoms with Gasteiger partial charge in [-0.05, 0) is 112 Å². The molecule has 58 heavy (non-hydrogen) atoms. The highest BCUT2D eigenvalue weighted by Crippen LogP contribution is 2.38. The normalized spacial score (nSPS) is 11.0. The largest absolute Gasteiger partial charge is 0.345 e. The lowest BCUT2D eigenvalue weighted by atomic mass is 10.0. The van der Waals surface area contributed by atoms with Crippen LogP contribution in [0, 0.1) is 0 Å². The van der Waals surface area contributed by atoms with Crippen LogP contribution >= 0.6 is 0 Å². The van der Waals surface area contributed by atoms with Crippen LogP contribution in [0.3, 0.4) is 0 Å². The maximum Gasteiger partial charge on any atom is 0.0462 e. The predicted molar refractivity (Wildman–Crippen MR) is 251 cm³/mol. The average molecular weight is 749 g/mol. The van der Waals surface area contributed by atoms with Crippen LogP contribution in [0.5, 0.6) is 0 Å². The zero-order valence-corrected chi connectivity index (χ0v) is 33.2. The van der Waals surface area contributed by atoms with Gasteiger partial charge in [-0.25, -0.2) is 0 Å². The zero-order valence-electron chi connectivity index (χ0n) is 33.2. The van der Waals surface area contributed by atoms with E-state index in [1.54, 1.807) is 0 Å². The fourth-order valence-corrected chi connectivity index (χ4v) is 6.98. The van der Waals surface area contributed by atoms with Crippen molar-refractivity contribution < 1.29 is 0 Å². The van der Waals surface area contributed by atoms with Crippen LogP contribution in [0.4, 0.5) is 28.4 Å². The van der Waals surface area contributed by atoms with Gasteiger partial charge >= 0.3 is 0 Å². The second-order valence-electron chi connectivity index (χ2n) is 13.9. The molecular weight excluding hydrogens is 701 g/mol. The van der Waals surface area contributed by atoms with Gasteiger partial charge in [0.25, 0.3) is 0 Å². The molecule has 2 nitrogen and oxygen atoms in total. The molecule has 0 fully saturated rings. The minimum absolute atomic E-state index is 1.09. The second-order valence-corrected chi connectivity index (χ2v) is 13.9. The summed E-state index contributed by atoms with van der Waals surface area (Å²) in [4.78, 5) is 4.55. The lowest BCUT2D eigenvalue weighted by Gasteiger charge is -2.26. The number of anilines is 5. The van der Waals surface area contributed by atoms with Crippen molar-refractivity contribution in [3.05, 3.63) is 255 Å². The van der Waals surface area contributed by atoms with Crippen LogP contribution in [0.2, 0.25) is 0 Å². The fraction of sp³-hybridized carbons (Fsp3) is 0.0357. The molecule has 8 aromatic carbocycles. The molecule has 2 heteroatoms. The van der Waals surface area contributed by atoms with E-state index >= 15 is 0 Å². The van der Waals surface area contributed by atoms with Crippen molar-refractivity contribution in [1.82, 2.24) is 0 Å². The van der Waals surface area contributed by atoms with Crippen molar-refractivity contribution in [3.63, 3.8) is 0 Å². The number of hydrogen-bond acceptors (Lipinski definition) is 2. The molecule has 0 N–H and O–H groups in total. The standard InChI is InChI=1S/C50H42N2.C6H6/c1-4-13-38(14-5-2)41-23-31-47(32-24-41)52(48-33-25-42(26-34-48)39-15-8-6-9-16-39)49-35-27-44(28-36-49)43-21-29-46(30-22-43)51(3)50-20-12-19-45(37-50)40-17-10-7-11-18-40;1-2-4-6-5-3-1/h4-37H,1H2,2-3H3;1-6H/b14-5-,38-13+;. The highest BCUT2D eigenvalue weighted by molar-refractivity contribution is 5.82. The Bertz CT molecular complexity index is 2510. The molecule has 8 aromatic rings. The van der Waals surface area contributed by atoms with Crippen LogP contribution in [0.1, 0.15) is 12.5 Å². The molecule has 0 aromatic heterocycles. The van der Waals surface area contributed by atoms with E-state index in [-0.39, 0.29) is 0 Å². The molecule has 0 amide bonds. The molecule has 0 aliphatic carbocycles. The maximum atomic E-state index is 3.91. The highest BCUT2D eigenvalue weighted by Gasteiger charge is 2.14. The summed E-state index contributed by atoms with van der Waals surface area (Å²) in [6, 6.07) is 77.0. The van der Waals surface area contributed by atoms with Gasteiger partial charge in [0.1, 0.15) is 0 Å². The van der Waals surface area contributed by atoms with Crippen LogP contribution in [-0.2, 0) is 0 Å². The Kier molecular flexibility index (Phi) is 13.0. The molecule has 0 saturated heterocycles.